The lowest BCUT2D eigenvalue weighted by Gasteiger charge is -2.63. The van der Waals surface area contributed by atoms with Gasteiger partial charge in [-0.25, -0.2) is 22.0 Å². The zero-order valence-electron chi connectivity index (χ0n) is 75.7. The van der Waals surface area contributed by atoms with Crippen LogP contribution in [0.5, 0.6) is 0 Å². The number of carbonyl (C=O) groups is 10. The molecule has 14 fully saturated rings. The molecule has 127 heavy (non-hydrogen) atoms. The Hall–Kier alpha value is -6.13. The van der Waals surface area contributed by atoms with E-state index in [0.717, 1.165) is 43.4 Å². The highest BCUT2D eigenvalue weighted by Crippen LogP contribution is 2.77. The molecule has 18 rings (SSSR count). The zero-order chi connectivity index (χ0) is 93.4. The van der Waals surface area contributed by atoms with Gasteiger partial charge in [0, 0.05) is 71.0 Å². The fraction of sp³-hybridized carbons (Fsp3) is 0.773. The van der Waals surface area contributed by atoms with Crippen LogP contribution in [0.15, 0.2) is 70.9 Å². The number of hydrogen-bond donors (Lipinski definition) is 8. The predicted octanol–water partition coefficient (Wildman–Crippen LogP) is 9.79. The molecule has 0 amide bonds. The van der Waals surface area contributed by atoms with Crippen LogP contribution in [-0.4, -0.2) is 238 Å². The molecule has 0 aromatic carbocycles. The van der Waals surface area contributed by atoms with Crippen molar-refractivity contribution in [1.82, 2.24) is 0 Å². The molecule has 0 aromatic heterocycles. The minimum absolute atomic E-state index is 0.0406. The van der Waals surface area contributed by atoms with Gasteiger partial charge in [-0.1, -0.05) is 59.3 Å². The normalized spacial score (nSPS) is 49.6. The zero-order valence-corrected chi connectivity index (χ0v) is 75.7. The third kappa shape index (κ3) is 13.4. The molecule has 12 saturated carbocycles. The Bertz CT molecular complexity index is 4780. The number of halogens is 5. The van der Waals surface area contributed by atoms with E-state index < -0.39 is 241 Å². The molecule has 2 heterocycles. The van der Waals surface area contributed by atoms with Gasteiger partial charge in [0.25, 0.3) is 0 Å². The Morgan fingerprint density at radius 1 is 0.480 bits per heavy atom. The Morgan fingerprint density at radius 3 is 1.41 bits per heavy atom. The standard InChI is InChI=1S/C26H32F2O7.C24H30F2O6.C24H35FO6.C23H32O6/c1-13(29)33-12-20(32)26-21(34-22(2,3)35-26)10-15-16-9-18(27)17-8-14(30)6-7-23(17,4)25(16,28)19(31)11-24(15,26)5;1-20(2)31-19-9-13-14-8-16(25)15-7-12(28)5-6-21(15,3)23(14,26)17(29)10-22(13,4)24(19,32-20)18(30)11-27;1-12(2)31-20-9-15-14-8-17(25)16-7-13(27)5-6-22(16,3)21(14)18(28)10-23(15,4)24(20,30)19(29)11-26;1-13(24)29-12-19(27)23(28)9-7-17-16-5-4-14-10-15(25)6-8-21(14,2)20(16)18(26)11-22(17,23)3/h6-8,15-16,18-19,21,31H,9-12H2,1-5H3;5-7,13-14,16-17,19,27,29H,8-11H2,1-4H3;7,12,14-15,17-18,20-21,26,28,30H,5-6,8-11H2,1-4H3;10,16-18,20,26,28H,4-9,11-12H2,1-3H3. The molecule has 2 saturated heterocycles. The van der Waals surface area contributed by atoms with Crippen molar-refractivity contribution in [2.24, 2.45) is 102 Å². The number of fused-ring (bicyclic) bond motifs is 24. The van der Waals surface area contributed by atoms with Crippen molar-refractivity contribution in [3.05, 3.63) is 70.9 Å². The first-order valence-corrected chi connectivity index (χ1v) is 45.7. The van der Waals surface area contributed by atoms with Crippen LogP contribution in [0.4, 0.5) is 22.0 Å². The lowest BCUT2D eigenvalue weighted by Crippen LogP contribution is -2.71. The van der Waals surface area contributed by atoms with E-state index in [1.54, 1.807) is 54.5 Å². The van der Waals surface area contributed by atoms with Crippen molar-refractivity contribution in [2.75, 3.05) is 26.4 Å². The number of aliphatic hydroxyl groups excluding tert-OH is 6. The topological polar surface area (TPSA) is 397 Å². The Labute approximate surface area is 737 Å². The summed E-state index contributed by atoms with van der Waals surface area (Å²) in [6.45, 7) is 24.6. The van der Waals surface area contributed by atoms with E-state index >= 15 is 22.0 Å². The van der Waals surface area contributed by atoms with Crippen LogP contribution in [0, 0.1) is 102 Å². The van der Waals surface area contributed by atoms with Crippen molar-refractivity contribution < 1.29 is 144 Å². The van der Waals surface area contributed by atoms with Crippen LogP contribution in [0.1, 0.15) is 226 Å². The van der Waals surface area contributed by atoms with Gasteiger partial charge in [0.05, 0.1) is 48.8 Å². The first-order valence-electron chi connectivity index (χ1n) is 45.7. The second kappa shape index (κ2) is 31.5. The molecule has 0 radical (unpaired) electrons. The van der Waals surface area contributed by atoms with Crippen molar-refractivity contribution >= 4 is 58.2 Å². The summed E-state index contributed by atoms with van der Waals surface area (Å²) in [6, 6.07) is 0. The highest BCUT2D eigenvalue weighted by Gasteiger charge is 2.84. The summed E-state index contributed by atoms with van der Waals surface area (Å²) >= 11 is 0. The molecule has 2 aliphatic heterocycles. The number of esters is 2. The smallest absolute Gasteiger partial charge is 0.303 e. The molecule has 0 aromatic rings. The van der Waals surface area contributed by atoms with Gasteiger partial charge in [0.15, 0.2) is 87.6 Å². The highest BCUT2D eigenvalue weighted by atomic mass is 19.2. The van der Waals surface area contributed by atoms with Crippen molar-refractivity contribution in [3.8, 4) is 0 Å². The van der Waals surface area contributed by atoms with Gasteiger partial charge >= 0.3 is 11.9 Å². The van der Waals surface area contributed by atoms with Crippen LogP contribution in [0.3, 0.4) is 0 Å². The predicted molar refractivity (Wildman–Crippen MR) is 443 cm³/mol. The Balaban J connectivity index is 0.000000131. The molecule has 0 bridgehead atoms. The summed E-state index contributed by atoms with van der Waals surface area (Å²) in [5, 5.41) is 88.1. The summed E-state index contributed by atoms with van der Waals surface area (Å²) in [5.74, 6) is -9.78. The number of hydrogen-bond acceptors (Lipinski definition) is 25. The van der Waals surface area contributed by atoms with E-state index in [4.69, 9.17) is 33.2 Å². The minimum Gasteiger partial charge on any atom is -0.458 e. The molecule has 18 aliphatic rings. The molecule has 30 heteroatoms. The third-order valence-corrected chi connectivity index (χ3v) is 36.6. The lowest BCUT2D eigenvalue weighted by atomic mass is 9.44. The summed E-state index contributed by atoms with van der Waals surface area (Å²) in [5.41, 5.74) is -17.3. The number of Topliss-reactive ketones (excluding diaryl/α,β-unsaturated/α-hetero) is 4. The van der Waals surface area contributed by atoms with Crippen LogP contribution in [-0.2, 0) is 81.1 Å². The molecule has 25 nitrogen and oxygen atoms in total. The van der Waals surface area contributed by atoms with E-state index in [-0.39, 0.29) is 121 Å². The fourth-order valence-corrected chi connectivity index (χ4v) is 31.2. The van der Waals surface area contributed by atoms with Crippen LogP contribution in [0.2, 0.25) is 0 Å². The molecule has 34 atom stereocenters. The Kier molecular flexibility index (Phi) is 23.7. The number of carbonyl (C=O) groups excluding carboxylic acids is 10. The number of allylic oxidation sites excluding steroid dienone is 10. The molecule has 8 N–H and O–H groups in total. The second-order valence-electron chi connectivity index (χ2n) is 43.8. The van der Waals surface area contributed by atoms with Crippen molar-refractivity contribution in [2.45, 2.75) is 339 Å². The second-order valence-corrected chi connectivity index (χ2v) is 43.8. The molecular formula is C97H129F5O25. The van der Waals surface area contributed by atoms with Crippen LogP contribution >= 0.6 is 0 Å². The lowest BCUT2D eigenvalue weighted by molar-refractivity contribution is -0.249. The summed E-state index contributed by atoms with van der Waals surface area (Å²) in [4.78, 5) is 123. The molecular weight excluding hydrogens is 1660 g/mol. The van der Waals surface area contributed by atoms with Gasteiger partial charge in [-0.05, 0) is 269 Å². The van der Waals surface area contributed by atoms with Crippen LogP contribution in [0.25, 0.3) is 0 Å². The maximum absolute atomic E-state index is 17.3. The largest absolute Gasteiger partial charge is 0.458 e. The van der Waals surface area contributed by atoms with E-state index in [2.05, 4.69) is 6.92 Å². The first-order chi connectivity index (χ1) is 58.8. The quantitative estimate of drug-likeness (QED) is 0.0665. The summed E-state index contributed by atoms with van der Waals surface area (Å²) < 4.78 is 121. The maximum Gasteiger partial charge on any atom is 0.303 e. The van der Waals surface area contributed by atoms with Gasteiger partial charge in [-0.2, -0.15) is 0 Å². The number of ether oxygens (including phenoxy) is 7. The fourth-order valence-electron chi connectivity index (χ4n) is 31.2. The van der Waals surface area contributed by atoms with Gasteiger partial charge in [-0.3, -0.25) is 47.9 Å². The van der Waals surface area contributed by atoms with Crippen LogP contribution < -0.4 is 0 Å². The molecule has 16 aliphatic carbocycles. The van der Waals surface area contributed by atoms with Gasteiger partial charge in [0.1, 0.15) is 37.3 Å². The molecule has 702 valence electrons. The average molecular weight is 1790 g/mol. The third-order valence-electron chi connectivity index (χ3n) is 36.6. The Morgan fingerprint density at radius 2 is 0.929 bits per heavy atom. The average Bonchev–Trinajstić information content (AvgIpc) is 1.53. The SMILES string of the molecule is CC(=O)OCC(=O)C1(O)CCC2C3CCC4=CC(=O)CCC4(C)C3C(O)CC21C.CC(=O)OCC(=O)C12OC(C)(C)OC1CC1C3CC(F)C4=CC(=O)C=CC4(C)C3(F)C(O)CC12C.CC(C)OC1CC2C3CC(F)C4=CC(=O)CCC4(C)C3C(O)CC2(C)C1(O)C(=O)CO.CC1(C)OC2CC3C4CC(F)C5=CC(=O)C=CC5(C)C4(F)C(O)CC3(C)C2(C(=O)CO)O1. The molecule has 34 unspecified atom stereocenters. The maximum atomic E-state index is 17.3. The van der Waals surface area contributed by atoms with Crippen molar-refractivity contribution in [1.29, 1.82) is 0 Å². The minimum atomic E-state index is -2.27. The monoisotopic (exact) mass is 1790 g/mol. The molecule has 0 spiro atoms. The highest BCUT2D eigenvalue weighted by molar-refractivity contribution is 6.02. The van der Waals surface area contributed by atoms with Gasteiger partial charge in [-0.15, -0.1) is 0 Å². The van der Waals surface area contributed by atoms with Gasteiger partial charge in [0.2, 0.25) is 11.6 Å². The summed E-state index contributed by atoms with van der Waals surface area (Å²) in [7, 11) is 0. The number of ketones is 8. The summed E-state index contributed by atoms with van der Waals surface area (Å²) in [6.07, 6.45) is 4.74. The van der Waals surface area contributed by atoms with E-state index in [1.807, 2.05) is 27.7 Å². The van der Waals surface area contributed by atoms with E-state index in [0.29, 0.717) is 44.1 Å². The van der Waals surface area contributed by atoms with E-state index in [1.165, 1.54) is 58.1 Å². The van der Waals surface area contributed by atoms with Crippen molar-refractivity contribution in [3.63, 3.8) is 0 Å². The number of alkyl halides is 5. The number of rotatable bonds is 12. The van der Waals surface area contributed by atoms with E-state index in [9.17, 15) is 88.8 Å². The van der Waals surface area contributed by atoms with Gasteiger partial charge < -0.3 is 74.0 Å². The number of aliphatic hydroxyl groups is 8. The first kappa shape index (κ1) is 95.5.